The van der Waals surface area contributed by atoms with Gasteiger partial charge in [-0.2, -0.15) is 0 Å². The molecule has 0 spiro atoms. The standard InChI is InChI=1S/C66H66O15/c1-4-7-10-13-42-73-50-29-35-56(36-30-50)76-61(67)46-16-23-53(24-17-46)79-64(70)49-22-41-59(65(71)80-54-25-18-47(19-26-54)62(68)77-57-37-31-51(32-38-57)74-43-14-11-8-5-2)60(45-49)66(72)81-55-27-20-48(21-28-55)63(69)78-58-39-33-52(34-40-58)75-44-15-12-9-6-3/h16-41,45H,4-15,42-44H2,1-3H3. The summed E-state index contributed by atoms with van der Waals surface area (Å²) >= 11 is 0. The highest BCUT2D eigenvalue weighted by Crippen LogP contribution is 2.26. The number of ether oxygens (including phenoxy) is 9. The van der Waals surface area contributed by atoms with Crippen LogP contribution in [0.1, 0.15) is 160 Å². The van der Waals surface area contributed by atoms with Gasteiger partial charge < -0.3 is 42.6 Å². The molecule has 0 heterocycles. The van der Waals surface area contributed by atoms with Crippen molar-refractivity contribution in [1.82, 2.24) is 0 Å². The van der Waals surface area contributed by atoms with Crippen LogP contribution in [0.25, 0.3) is 0 Å². The highest BCUT2D eigenvalue weighted by molar-refractivity contribution is 6.06. The Kier molecular flexibility index (Phi) is 23.0. The molecule has 0 saturated heterocycles. The van der Waals surface area contributed by atoms with E-state index in [4.69, 9.17) is 42.6 Å². The summed E-state index contributed by atoms with van der Waals surface area (Å²) < 4.78 is 50.9. The van der Waals surface area contributed by atoms with Gasteiger partial charge in [-0.3, -0.25) is 0 Å². The summed E-state index contributed by atoms with van der Waals surface area (Å²) in [6.07, 6.45) is 13.0. The molecule has 420 valence electrons. The van der Waals surface area contributed by atoms with Gasteiger partial charge in [0.25, 0.3) is 0 Å². The fourth-order valence-corrected chi connectivity index (χ4v) is 7.95. The van der Waals surface area contributed by atoms with Crippen LogP contribution in [0, 0.1) is 0 Å². The van der Waals surface area contributed by atoms with E-state index in [0.717, 1.165) is 83.1 Å². The second-order valence-electron chi connectivity index (χ2n) is 18.8. The van der Waals surface area contributed by atoms with Crippen molar-refractivity contribution in [2.45, 2.75) is 97.8 Å². The number of hydrogen-bond acceptors (Lipinski definition) is 15. The first kappa shape index (κ1) is 59.4. The number of hydrogen-bond donors (Lipinski definition) is 0. The minimum absolute atomic E-state index is 0.00773. The first-order valence-corrected chi connectivity index (χ1v) is 27.4. The van der Waals surface area contributed by atoms with Crippen LogP contribution in [-0.4, -0.2) is 55.6 Å². The molecule has 15 nitrogen and oxygen atoms in total. The number of unbranched alkanes of at least 4 members (excludes halogenated alkanes) is 9. The zero-order chi connectivity index (χ0) is 57.2. The van der Waals surface area contributed by atoms with E-state index in [9.17, 15) is 28.8 Å². The predicted molar refractivity (Wildman–Crippen MR) is 304 cm³/mol. The molecule has 0 aromatic heterocycles. The van der Waals surface area contributed by atoms with Crippen molar-refractivity contribution in [2.75, 3.05) is 19.8 Å². The Labute approximate surface area is 472 Å². The summed E-state index contributed by atoms with van der Waals surface area (Å²) in [5.41, 5.74) is -0.298. The van der Waals surface area contributed by atoms with E-state index in [1.54, 1.807) is 72.8 Å². The van der Waals surface area contributed by atoms with Crippen molar-refractivity contribution >= 4 is 35.8 Å². The van der Waals surface area contributed by atoms with E-state index in [-0.39, 0.29) is 50.6 Å². The first-order valence-electron chi connectivity index (χ1n) is 27.4. The van der Waals surface area contributed by atoms with Gasteiger partial charge in [0.05, 0.1) is 53.2 Å². The van der Waals surface area contributed by atoms with Crippen molar-refractivity contribution in [2.24, 2.45) is 0 Å². The summed E-state index contributed by atoms with van der Waals surface area (Å²) in [5, 5.41) is 0. The molecule has 15 heteroatoms. The molecule has 0 bridgehead atoms. The normalized spacial score (nSPS) is 10.7. The molecule has 0 aliphatic rings. The minimum atomic E-state index is -1.06. The first-order chi connectivity index (χ1) is 39.5. The van der Waals surface area contributed by atoms with Gasteiger partial charge in [0.2, 0.25) is 0 Å². The molecule has 0 radical (unpaired) electrons. The monoisotopic (exact) mass is 1100 g/mol. The highest BCUT2D eigenvalue weighted by Gasteiger charge is 2.25. The molecule has 7 rings (SSSR count). The van der Waals surface area contributed by atoms with E-state index in [1.165, 1.54) is 84.9 Å². The largest absolute Gasteiger partial charge is 0.494 e. The van der Waals surface area contributed by atoms with Crippen molar-refractivity contribution in [3.05, 3.63) is 197 Å². The van der Waals surface area contributed by atoms with Gasteiger partial charge in [0, 0.05) is 0 Å². The van der Waals surface area contributed by atoms with Gasteiger partial charge in [-0.05, 0) is 183 Å². The predicted octanol–water partition coefficient (Wildman–Crippen LogP) is 14.9. The van der Waals surface area contributed by atoms with E-state index in [0.29, 0.717) is 54.3 Å². The number of carbonyl (C=O) groups excluding carboxylic acids is 6. The molecule has 7 aromatic carbocycles. The van der Waals surface area contributed by atoms with E-state index in [1.807, 2.05) is 0 Å². The molecule has 0 fully saturated rings. The number of rotatable bonds is 30. The third-order valence-electron chi connectivity index (χ3n) is 12.5. The zero-order valence-electron chi connectivity index (χ0n) is 45.8. The third-order valence-corrected chi connectivity index (χ3v) is 12.5. The molecule has 0 amide bonds. The smallest absolute Gasteiger partial charge is 0.344 e. The summed E-state index contributed by atoms with van der Waals surface area (Å²) in [4.78, 5) is 80.6. The number of carbonyl (C=O) groups is 6. The lowest BCUT2D eigenvalue weighted by atomic mass is 10.0. The molecule has 81 heavy (non-hydrogen) atoms. The second kappa shape index (κ2) is 31.4. The molecule has 0 unspecified atom stereocenters. The Hall–Kier alpha value is -9.24. The molecule has 0 aliphatic heterocycles. The molecule has 7 aromatic rings. The molecule has 0 aliphatic carbocycles. The maximum atomic E-state index is 14.0. The topological polar surface area (TPSA) is 185 Å². The lowest BCUT2D eigenvalue weighted by Gasteiger charge is -2.12. The maximum Gasteiger partial charge on any atom is 0.344 e. The Morgan fingerprint density at radius 1 is 0.247 bits per heavy atom. The van der Waals surface area contributed by atoms with Crippen molar-refractivity contribution < 1.29 is 71.4 Å². The zero-order valence-corrected chi connectivity index (χ0v) is 45.8. The summed E-state index contributed by atoms with van der Waals surface area (Å²) in [5.74, 6) is -1.95. The van der Waals surface area contributed by atoms with Crippen LogP contribution in [0.3, 0.4) is 0 Å². The number of benzene rings is 7. The fraction of sp³-hybridized carbons (Fsp3) is 0.273. The Morgan fingerprint density at radius 3 is 0.778 bits per heavy atom. The third kappa shape index (κ3) is 19.0. The number of esters is 6. The second-order valence-corrected chi connectivity index (χ2v) is 18.8. The lowest BCUT2D eigenvalue weighted by molar-refractivity contribution is 0.0689. The lowest BCUT2D eigenvalue weighted by Crippen LogP contribution is -2.19. The Morgan fingerprint density at radius 2 is 0.481 bits per heavy atom. The summed E-state index contributed by atoms with van der Waals surface area (Å²) in [7, 11) is 0. The van der Waals surface area contributed by atoms with Gasteiger partial charge in [0.15, 0.2) is 0 Å². The van der Waals surface area contributed by atoms with E-state index < -0.39 is 35.8 Å². The molecular weight excluding hydrogens is 1030 g/mol. The fourth-order valence-electron chi connectivity index (χ4n) is 7.95. The summed E-state index contributed by atoms with van der Waals surface area (Å²) in [6.45, 7) is 8.22. The van der Waals surface area contributed by atoms with Gasteiger partial charge in [-0.25, -0.2) is 28.8 Å². The average molecular weight is 1100 g/mol. The maximum absolute atomic E-state index is 14.0. The van der Waals surface area contributed by atoms with Gasteiger partial charge in [0.1, 0.15) is 51.7 Å². The van der Waals surface area contributed by atoms with Gasteiger partial charge in [-0.15, -0.1) is 0 Å². The van der Waals surface area contributed by atoms with Gasteiger partial charge >= 0.3 is 35.8 Å². The van der Waals surface area contributed by atoms with E-state index in [2.05, 4.69) is 20.8 Å². The minimum Gasteiger partial charge on any atom is -0.494 e. The Bertz CT molecular complexity index is 3150. The Balaban J connectivity index is 1.00. The highest BCUT2D eigenvalue weighted by atomic mass is 16.6. The molecular formula is C66H66O15. The molecule has 0 N–H and O–H groups in total. The van der Waals surface area contributed by atoms with Crippen LogP contribution < -0.4 is 42.6 Å². The van der Waals surface area contributed by atoms with Crippen LogP contribution in [0.15, 0.2) is 164 Å². The molecule has 0 atom stereocenters. The SMILES string of the molecule is CCCCCCOc1ccc(OC(=O)c2ccc(OC(=O)c3ccc(C(=O)Oc4ccc(C(=O)Oc5ccc(OCCCCCC)cc5)cc4)c(C(=O)Oc4ccc(C(=O)Oc5ccc(OCCCCCC)cc5)cc4)c3)cc2)cc1. The van der Waals surface area contributed by atoms with Crippen LogP contribution in [0.5, 0.6) is 51.7 Å². The summed E-state index contributed by atoms with van der Waals surface area (Å²) in [6, 6.07) is 40.5. The van der Waals surface area contributed by atoms with Crippen molar-refractivity contribution in [3.8, 4) is 51.7 Å². The molecule has 0 saturated carbocycles. The van der Waals surface area contributed by atoms with Gasteiger partial charge in [-0.1, -0.05) is 78.6 Å². The van der Waals surface area contributed by atoms with Crippen molar-refractivity contribution in [3.63, 3.8) is 0 Å². The van der Waals surface area contributed by atoms with E-state index >= 15 is 0 Å². The van der Waals surface area contributed by atoms with Crippen LogP contribution >= 0.6 is 0 Å². The quantitative estimate of drug-likeness (QED) is 0.0235. The van der Waals surface area contributed by atoms with Crippen LogP contribution in [0.2, 0.25) is 0 Å². The van der Waals surface area contributed by atoms with Crippen molar-refractivity contribution in [1.29, 1.82) is 0 Å². The average Bonchev–Trinajstić information content (AvgIpc) is 3.53. The van der Waals surface area contributed by atoms with Crippen LogP contribution in [-0.2, 0) is 0 Å². The van der Waals surface area contributed by atoms with Crippen LogP contribution in [0.4, 0.5) is 0 Å².